The van der Waals surface area contributed by atoms with E-state index in [1.165, 1.54) is 0 Å². The minimum Gasteiger partial charge on any atom is -0.271 e. The van der Waals surface area contributed by atoms with Crippen LogP contribution in [0.5, 0.6) is 0 Å². The molecule has 1 aliphatic heterocycles. The van der Waals surface area contributed by atoms with Crippen LogP contribution in [0.25, 0.3) is 0 Å². The molecule has 0 aromatic heterocycles. The molecule has 1 atom stereocenters. The number of fused-ring (bicyclic) bond motifs is 1. The normalized spacial score (nSPS) is 15.6. The van der Waals surface area contributed by atoms with E-state index in [0.717, 1.165) is 17.0 Å². The van der Waals surface area contributed by atoms with Gasteiger partial charge in [0, 0.05) is 12.5 Å². The van der Waals surface area contributed by atoms with E-state index in [9.17, 15) is 18.4 Å². The number of carbonyl (C=O) groups is 2. The van der Waals surface area contributed by atoms with Gasteiger partial charge in [0.2, 0.25) is 0 Å². The number of hydrogen-bond acceptors (Lipinski definition) is 2. The molecule has 0 saturated heterocycles. The lowest BCUT2D eigenvalue weighted by molar-refractivity contribution is 0.0599. The fourth-order valence-electron chi connectivity index (χ4n) is 1.91. The number of amides is 2. The Hall–Kier alpha value is -2.22. The van der Waals surface area contributed by atoms with Crippen LogP contribution >= 0.6 is 0 Å². The first kappa shape index (κ1) is 12.2. The van der Waals surface area contributed by atoms with Crippen molar-refractivity contribution in [2.45, 2.75) is 19.4 Å². The Morgan fingerprint density at radius 1 is 1.22 bits per heavy atom. The van der Waals surface area contributed by atoms with Gasteiger partial charge < -0.3 is 0 Å². The number of rotatable bonds is 2. The lowest BCUT2D eigenvalue weighted by atomic mass is 10.1. The Kier molecular flexibility index (Phi) is 2.87. The monoisotopic (exact) mass is 249 g/mol. The minimum atomic E-state index is -1.15. The van der Waals surface area contributed by atoms with E-state index in [1.54, 1.807) is 6.92 Å². The highest BCUT2D eigenvalue weighted by molar-refractivity contribution is 6.21. The van der Waals surface area contributed by atoms with Gasteiger partial charge in [-0.1, -0.05) is 0 Å². The van der Waals surface area contributed by atoms with Gasteiger partial charge in [-0.05, 0) is 19.1 Å². The van der Waals surface area contributed by atoms with Gasteiger partial charge in [0.25, 0.3) is 11.8 Å². The van der Waals surface area contributed by atoms with Crippen LogP contribution in [0.4, 0.5) is 8.78 Å². The highest BCUT2D eigenvalue weighted by Crippen LogP contribution is 2.27. The fourth-order valence-corrected chi connectivity index (χ4v) is 1.91. The molecule has 92 valence electrons. The van der Waals surface area contributed by atoms with Gasteiger partial charge in [-0.3, -0.25) is 14.5 Å². The first-order chi connectivity index (χ1) is 8.47. The average Bonchev–Trinajstić information content (AvgIpc) is 2.53. The summed E-state index contributed by atoms with van der Waals surface area (Å²) in [4.78, 5) is 24.8. The Bertz CT molecular complexity index is 548. The first-order valence-electron chi connectivity index (χ1n) is 5.27. The maximum absolute atomic E-state index is 13.1. The second-order valence-electron chi connectivity index (χ2n) is 4.05. The topological polar surface area (TPSA) is 37.4 Å². The van der Waals surface area contributed by atoms with E-state index in [0.29, 0.717) is 0 Å². The van der Waals surface area contributed by atoms with Crippen molar-refractivity contribution in [1.82, 2.24) is 4.90 Å². The Morgan fingerprint density at radius 2 is 1.67 bits per heavy atom. The first-order valence-corrected chi connectivity index (χ1v) is 5.27. The molecule has 0 radical (unpaired) electrons. The van der Waals surface area contributed by atoms with Crippen LogP contribution in [0.1, 0.15) is 34.1 Å². The molecule has 1 aromatic carbocycles. The van der Waals surface area contributed by atoms with Gasteiger partial charge in [-0.15, -0.1) is 12.3 Å². The summed E-state index contributed by atoms with van der Waals surface area (Å²) in [5.74, 6) is -1.25. The van der Waals surface area contributed by atoms with Crippen LogP contribution in [0.15, 0.2) is 12.1 Å². The average molecular weight is 249 g/mol. The van der Waals surface area contributed by atoms with Crippen LogP contribution in [-0.4, -0.2) is 22.8 Å². The minimum absolute atomic E-state index is 0.122. The van der Waals surface area contributed by atoms with Crippen molar-refractivity contribution in [3.8, 4) is 12.3 Å². The summed E-state index contributed by atoms with van der Waals surface area (Å²) >= 11 is 0. The van der Waals surface area contributed by atoms with Gasteiger partial charge in [0.15, 0.2) is 11.6 Å². The third-order valence-corrected chi connectivity index (χ3v) is 2.81. The Morgan fingerprint density at radius 3 is 2.06 bits per heavy atom. The van der Waals surface area contributed by atoms with E-state index < -0.39 is 29.5 Å². The molecule has 3 nitrogen and oxygen atoms in total. The molecule has 1 heterocycles. The Labute approximate surface area is 102 Å². The number of carbonyl (C=O) groups excluding carboxylic acids is 2. The summed E-state index contributed by atoms with van der Waals surface area (Å²) in [7, 11) is 0. The molecule has 0 N–H and O–H groups in total. The molecule has 5 heteroatoms. The Balaban J connectivity index is 2.48. The maximum Gasteiger partial charge on any atom is 0.261 e. The second-order valence-corrected chi connectivity index (χ2v) is 4.05. The van der Waals surface area contributed by atoms with Gasteiger partial charge in [0.05, 0.1) is 11.1 Å². The summed E-state index contributed by atoms with van der Waals surface area (Å²) < 4.78 is 26.1. The van der Waals surface area contributed by atoms with E-state index in [2.05, 4.69) is 5.92 Å². The molecular formula is C13H9F2NO2. The van der Waals surface area contributed by atoms with Crippen molar-refractivity contribution in [1.29, 1.82) is 0 Å². The largest absolute Gasteiger partial charge is 0.271 e. The van der Waals surface area contributed by atoms with Crippen molar-refractivity contribution in [3.05, 3.63) is 34.9 Å². The number of halogens is 2. The third kappa shape index (κ3) is 1.66. The zero-order valence-electron chi connectivity index (χ0n) is 9.54. The van der Waals surface area contributed by atoms with Crippen molar-refractivity contribution in [2.75, 3.05) is 0 Å². The fraction of sp³-hybridized carbons (Fsp3) is 0.231. The SMILES string of the molecule is C#CCC(C)N1C(=O)c2cc(F)c(F)cc2C1=O. The third-order valence-electron chi connectivity index (χ3n) is 2.81. The molecule has 18 heavy (non-hydrogen) atoms. The predicted octanol–water partition coefficient (Wildman–Crippen LogP) is 1.97. The van der Waals surface area contributed by atoms with E-state index in [1.807, 2.05) is 0 Å². The van der Waals surface area contributed by atoms with Crippen molar-refractivity contribution in [3.63, 3.8) is 0 Å². The van der Waals surface area contributed by atoms with E-state index in [-0.39, 0.29) is 17.5 Å². The molecule has 2 amide bonds. The van der Waals surface area contributed by atoms with Gasteiger partial charge >= 0.3 is 0 Å². The molecule has 1 aliphatic rings. The number of imide groups is 1. The van der Waals surface area contributed by atoms with Crippen molar-refractivity contribution < 1.29 is 18.4 Å². The molecule has 2 rings (SSSR count). The zero-order valence-corrected chi connectivity index (χ0v) is 9.54. The number of nitrogens with zero attached hydrogens (tertiary/aromatic N) is 1. The lowest BCUT2D eigenvalue weighted by Crippen LogP contribution is -2.37. The molecule has 0 spiro atoms. The van der Waals surface area contributed by atoms with Gasteiger partial charge in [-0.25, -0.2) is 8.78 Å². The van der Waals surface area contributed by atoms with Crippen molar-refractivity contribution >= 4 is 11.8 Å². The number of benzene rings is 1. The highest BCUT2D eigenvalue weighted by atomic mass is 19.2. The summed E-state index contributed by atoms with van der Waals surface area (Å²) in [6, 6.07) is 0.981. The summed E-state index contributed by atoms with van der Waals surface area (Å²) in [6.07, 6.45) is 5.31. The summed E-state index contributed by atoms with van der Waals surface area (Å²) in [6.45, 7) is 1.61. The maximum atomic E-state index is 13.1. The van der Waals surface area contributed by atoms with Crippen LogP contribution in [-0.2, 0) is 0 Å². The van der Waals surface area contributed by atoms with E-state index in [4.69, 9.17) is 6.42 Å². The highest BCUT2D eigenvalue weighted by Gasteiger charge is 2.39. The van der Waals surface area contributed by atoms with Crippen molar-refractivity contribution in [2.24, 2.45) is 0 Å². The summed E-state index contributed by atoms with van der Waals surface area (Å²) in [5.41, 5.74) is -0.245. The van der Waals surface area contributed by atoms with Crippen LogP contribution in [0.3, 0.4) is 0 Å². The number of terminal acetylenes is 1. The lowest BCUT2D eigenvalue weighted by Gasteiger charge is -2.20. The number of hydrogen-bond donors (Lipinski definition) is 0. The molecule has 0 saturated carbocycles. The van der Waals surface area contributed by atoms with Crippen LogP contribution in [0, 0.1) is 24.0 Å². The molecule has 0 aliphatic carbocycles. The zero-order chi connectivity index (χ0) is 13.4. The van der Waals surface area contributed by atoms with Gasteiger partial charge in [-0.2, -0.15) is 0 Å². The van der Waals surface area contributed by atoms with Gasteiger partial charge in [0.1, 0.15) is 0 Å². The molecule has 0 bridgehead atoms. The molecular weight excluding hydrogens is 240 g/mol. The van der Waals surface area contributed by atoms with E-state index >= 15 is 0 Å². The quantitative estimate of drug-likeness (QED) is 0.593. The smallest absolute Gasteiger partial charge is 0.261 e. The van der Waals surface area contributed by atoms with Crippen LogP contribution in [0.2, 0.25) is 0 Å². The molecule has 0 fully saturated rings. The summed E-state index contributed by atoms with van der Waals surface area (Å²) in [5, 5.41) is 0. The van der Waals surface area contributed by atoms with Crippen LogP contribution < -0.4 is 0 Å². The standard InChI is InChI=1S/C13H9F2NO2/c1-3-4-7(2)16-12(17)8-5-10(14)11(15)6-9(8)13(16)18/h1,5-7H,4H2,2H3. The molecule has 1 unspecified atom stereocenters. The second kappa shape index (κ2) is 4.22. The molecule has 1 aromatic rings. The predicted molar refractivity (Wildman–Crippen MR) is 59.8 cm³/mol.